The molecule has 1 aromatic heterocycles. The van der Waals surface area contributed by atoms with Crippen molar-refractivity contribution in [3.8, 4) is 17.2 Å². The number of nitrogens with one attached hydrogen (secondary N) is 1. The van der Waals surface area contributed by atoms with E-state index in [-0.39, 0.29) is 5.91 Å². The Hall–Kier alpha value is -2.76. The van der Waals surface area contributed by atoms with Crippen LogP contribution in [0.25, 0.3) is 0 Å². The number of hydrogen-bond donors (Lipinski definition) is 1. The molecule has 0 radical (unpaired) electrons. The van der Waals surface area contributed by atoms with E-state index in [1.807, 2.05) is 12.1 Å². The molecular weight excluding hydrogens is 308 g/mol. The van der Waals surface area contributed by atoms with Gasteiger partial charge in [-0.3, -0.25) is 9.78 Å². The van der Waals surface area contributed by atoms with Crippen LogP contribution in [0.1, 0.15) is 22.3 Å². The number of benzene rings is 1. The quantitative estimate of drug-likeness (QED) is 0.753. The topological polar surface area (TPSA) is 69.7 Å². The van der Waals surface area contributed by atoms with E-state index in [1.54, 1.807) is 24.5 Å². The first-order valence-electron chi connectivity index (χ1n) is 7.67. The zero-order valence-electron chi connectivity index (χ0n) is 14.2. The van der Waals surface area contributed by atoms with E-state index in [1.165, 1.54) is 26.9 Å². The summed E-state index contributed by atoms with van der Waals surface area (Å²) in [5.74, 6) is 1.08. The predicted molar refractivity (Wildman–Crippen MR) is 91.0 cm³/mol. The van der Waals surface area contributed by atoms with Crippen molar-refractivity contribution in [1.29, 1.82) is 0 Å². The SMILES string of the molecule is COc1ccc(C(=O)NCCCc2ccncc2)c(OC)c1OC. The van der Waals surface area contributed by atoms with E-state index >= 15 is 0 Å². The van der Waals surface area contributed by atoms with Crippen molar-refractivity contribution in [3.63, 3.8) is 0 Å². The second-order valence-corrected chi connectivity index (χ2v) is 5.10. The summed E-state index contributed by atoms with van der Waals surface area (Å²) in [5.41, 5.74) is 1.61. The molecule has 0 unspecified atom stereocenters. The highest BCUT2D eigenvalue weighted by molar-refractivity contribution is 5.98. The van der Waals surface area contributed by atoms with Crippen LogP contribution < -0.4 is 19.5 Å². The summed E-state index contributed by atoms with van der Waals surface area (Å²) in [4.78, 5) is 16.4. The number of aryl methyl sites for hydroxylation is 1. The summed E-state index contributed by atoms with van der Waals surface area (Å²) < 4.78 is 15.8. The summed E-state index contributed by atoms with van der Waals surface area (Å²) in [6, 6.07) is 7.30. The Kier molecular flexibility index (Phi) is 6.42. The van der Waals surface area contributed by atoms with Gasteiger partial charge in [0.1, 0.15) is 0 Å². The Morgan fingerprint density at radius 2 is 1.71 bits per heavy atom. The zero-order chi connectivity index (χ0) is 17.4. The summed E-state index contributed by atoms with van der Waals surface area (Å²) in [6.07, 6.45) is 5.25. The first kappa shape index (κ1) is 17.6. The van der Waals surface area contributed by atoms with Gasteiger partial charge < -0.3 is 19.5 Å². The maximum Gasteiger partial charge on any atom is 0.255 e. The maximum absolute atomic E-state index is 12.4. The average molecular weight is 330 g/mol. The summed E-state index contributed by atoms with van der Waals surface area (Å²) >= 11 is 0. The number of carbonyl (C=O) groups is 1. The molecule has 1 amide bonds. The number of nitrogens with zero attached hydrogens (tertiary/aromatic N) is 1. The van der Waals surface area contributed by atoms with Crippen LogP contribution in [0.3, 0.4) is 0 Å². The number of aromatic nitrogens is 1. The highest BCUT2D eigenvalue weighted by Crippen LogP contribution is 2.39. The Morgan fingerprint density at radius 3 is 2.33 bits per heavy atom. The van der Waals surface area contributed by atoms with Gasteiger partial charge in [0.25, 0.3) is 5.91 Å². The second kappa shape index (κ2) is 8.76. The molecule has 0 bridgehead atoms. The lowest BCUT2D eigenvalue weighted by Gasteiger charge is -2.15. The van der Waals surface area contributed by atoms with Crippen LogP contribution in [0.15, 0.2) is 36.7 Å². The van der Waals surface area contributed by atoms with Gasteiger partial charge in [-0.2, -0.15) is 0 Å². The molecule has 0 saturated heterocycles. The monoisotopic (exact) mass is 330 g/mol. The van der Waals surface area contributed by atoms with Crippen LogP contribution in [0.4, 0.5) is 0 Å². The Balaban J connectivity index is 1.99. The van der Waals surface area contributed by atoms with Gasteiger partial charge in [0, 0.05) is 18.9 Å². The van der Waals surface area contributed by atoms with E-state index in [9.17, 15) is 4.79 Å². The summed E-state index contributed by atoms with van der Waals surface area (Å²) in [7, 11) is 4.55. The minimum absolute atomic E-state index is 0.206. The molecule has 0 saturated carbocycles. The van der Waals surface area contributed by atoms with Gasteiger partial charge in [0.2, 0.25) is 5.75 Å². The van der Waals surface area contributed by atoms with E-state index < -0.39 is 0 Å². The highest BCUT2D eigenvalue weighted by Gasteiger charge is 2.20. The number of hydrogen-bond acceptors (Lipinski definition) is 5. The lowest BCUT2D eigenvalue weighted by Crippen LogP contribution is -2.25. The van der Waals surface area contributed by atoms with Crippen molar-refractivity contribution in [2.45, 2.75) is 12.8 Å². The third-order valence-electron chi connectivity index (χ3n) is 3.63. The van der Waals surface area contributed by atoms with Crippen molar-refractivity contribution >= 4 is 5.91 Å². The largest absolute Gasteiger partial charge is 0.493 e. The molecule has 0 atom stereocenters. The molecule has 0 aliphatic rings. The Labute approximate surface area is 141 Å². The van der Waals surface area contributed by atoms with Crippen LogP contribution >= 0.6 is 0 Å². The van der Waals surface area contributed by atoms with E-state index in [0.29, 0.717) is 29.4 Å². The fourth-order valence-electron chi connectivity index (χ4n) is 2.42. The van der Waals surface area contributed by atoms with Gasteiger partial charge >= 0.3 is 0 Å². The molecule has 0 fully saturated rings. The fraction of sp³-hybridized carbons (Fsp3) is 0.333. The van der Waals surface area contributed by atoms with Crippen molar-refractivity contribution < 1.29 is 19.0 Å². The molecule has 0 aliphatic heterocycles. The van der Waals surface area contributed by atoms with E-state index in [4.69, 9.17) is 14.2 Å². The normalized spacial score (nSPS) is 10.1. The average Bonchev–Trinajstić information content (AvgIpc) is 2.64. The van der Waals surface area contributed by atoms with Crippen LogP contribution in [-0.2, 0) is 6.42 Å². The molecular formula is C18H22N2O4. The third kappa shape index (κ3) is 4.16. The van der Waals surface area contributed by atoms with E-state index in [2.05, 4.69) is 10.3 Å². The minimum Gasteiger partial charge on any atom is -0.493 e. The molecule has 24 heavy (non-hydrogen) atoms. The first-order valence-corrected chi connectivity index (χ1v) is 7.67. The van der Waals surface area contributed by atoms with Crippen molar-refractivity contribution in [3.05, 3.63) is 47.8 Å². The molecule has 2 aromatic rings. The van der Waals surface area contributed by atoms with Gasteiger partial charge in [-0.05, 0) is 42.7 Å². The number of methoxy groups -OCH3 is 3. The summed E-state index contributed by atoms with van der Waals surface area (Å²) in [5, 5.41) is 2.90. The number of rotatable bonds is 8. The number of carbonyl (C=O) groups excluding carboxylic acids is 1. The molecule has 1 heterocycles. The molecule has 0 spiro atoms. The lowest BCUT2D eigenvalue weighted by atomic mass is 10.1. The minimum atomic E-state index is -0.206. The van der Waals surface area contributed by atoms with Crippen molar-refractivity contribution in [2.24, 2.45) is 0 Å². The third-order valence-corrected chi connectivity index (χ3v) is 3.63. The highest BCUT2D eigenvalue weighted by atomic mass is 16.5. The lowest BCUT2D eigenvalue weighted by molar-refractivity contribution is 0.0949. The van der Waals surface area contributed by atoms with Gasteiger partial charge in [-0.15, -0.1) is 0 Å². The van der Waals surface area contributed by atoms with Gasteiger partial charge in [0.05, 0.1) is 26.9 Å². The van der Waals surface area contributed by atoms with E-state index in [0.717, 1.165) is 12.8 Å². The van der Waals surface area contributed by atoms with Crippen molar-refractivity contribution in [1.82, 2.24) is 10.3 Å². The molecule has 6 heteroatoms. The standard InChI is InChI=1S/C18H22N2O4/c1-22-15-7-6-14(16(23-2)17(15)24-3)18(21)20-10-4-5-13-8-11-19-12-9-13/h6-9,11-12H,4-5,10H2,1-3H3,(H,20,21). The molecule has 128 valence electrons. The van der Waals surface area contributed by atoms with Crippen LogP contribution in [0.2, 0.25) is 0 Å². The second-order valence-electron chi connectivity index (χ2n) is 5.10. The molecule has 1 N–H and O–H groups in total. The van der Waals surface area contributed by atoms with Gasteiger partial charge in [-0.25, -0.2) is 0 Å². The smallest absolute Gasteiger partial charge is 0.255 e. The maximum atomic E-state index is 12.4. The van der Waals surface area contributed by atoms with Crippen LogP contribution in [0, 0.1) is 0 Å². The fourth-order valence-corrected chi connectivity index (χ4v) is 2.42. The predicted octanol–water partition coefficient (Wildman–Crippen LogP) is 2.47. The molecule has 0 aliphatic carbocycles. The first-order chi connectivity index (χ1) is 11.7. The van der Waals surface area contributed by atoms with Crippen LogP contribution in [0.5, 0.6) is 17.2 Å². The van der Waals surface area contributed by atoms with Crippen LogP contribution in [-0.4, -0.2) is 38.8 Å². The Bertz CT molecular complexity index is 674. The summed E-state index contributed by atoms with van der Waals surface area (Å²) in [6.45, 7) is 0.568. The molecule has 1 aromatic carbocycles. The number of pyridine rings is 1. The van der Waals surface area contributed by atoms with Crippen molar-refractivity contribution in [2.75, 3.05) is 27.9 Å². The van der Waals surface area contributed by atoms with Gasteiger partial charge in [-0.1, -0.05) is 0 Å². The molecule has 2 rings (SSSR count). The number of ether oxygens (including phenoxy) is 3. The zero-order valence-corrected chi connectivity index (χ0v) is 14.2. The number of amides is 1. The Morgan fingerprint density at radius 1 is 1.00 bits per heavy atom. The molecule has 6 nitrogen and oxygen atoms in total. The van der Waals surface area contributed by atoms with Gasteiger partial charge in [0.15, 0.2) is 11.5 Å².